The molecule has 2 N–H and O–H groups in total. The van der Waals surface area contributed by atoms with Crippen molar-refractivity contribution in [1.82, 2.24) is 5.32 Å². The maximum absolute atomic E-state index is 14.0. The molecule has 9 heteroatoms. The zero-order valence-electron chi connectivity index (χ0n) is 16.3. The quantitative estimate of drug-likeness (QED) is 0.511. The monoisotopic (exact) mass is 433 g/mol. The predicted molar refractivity (Wildman–Crippen MR) is 112 cm³/mol. The highest BCUT2D eigenvalue weighted by Crippen LogP contribution is 2.25. The van der Waals surface area contributed by atoms with Crippen LogP contribution in [0.15, 0.2) is 30.3 Å². The Labute approximate surface area is 177 Å². The van der Waals surface area contributed by atoms with Crippen LogP contribution in [0.4, 0.5) is 15.8 Å². The summed E-state index contributed by atoms with van der Waals surface area (Å²) in [7, 11) is 0. The number of hydrogen-bond donors (Lipinski definition) is 2. The van der Waals surface area contributed by atoms with Gasteiger partial charge in [0.15, 0.2) is 0 Å². The molecule has 1 aliphatic carbocycles. The fourth-order valence-corrected chi connectivity index (χ4v) is 3.68. The standard InChI is InChI=1S/C21H21ClFN3O4/c1-12-18(23)9-13(10-19(12)26(29)30)20(27)25-15-7-8-17(22)16(11-15)21(28)24-14-5-3-2-4-6-14/h7-11,14H,2-6H2,1H3,(H,24,28)(H,25,27). The Morgan fingerprint density at radius 1 is 1.13 bits per heavy atom. The maximum Gasteiger partial charge on any atom is 0.276 e. The molecule has 0 heterocycles. The number of anilines is 1. The third kappa shape index (κ3) is 4.94. The van der Waals surface area contributed by atoms with Crippen molar-refractivity contribution in [3.63, 3.8) is 0 Å². The van der Waals surface area contributed by atoms with Crippen LogP contribution in [0.25, 0.3) is 0 Å². The smallest absolute Gasteiger partial charge is 0.276 e. The van der Waals surface area contributed by atoms with E-state index in [1.165, 1.54) is 25.1 Å². The SMILES string of the molecule is Cc1c(F)cc(C(=O)Nc2ccc(Cl)c(C(=O)NC3CCCCC3)c2)cc1[N+](=O)[O-]. The highest BCUT2D eigenvalue weighted by atomic mass is 35.5. The Morgan fingerprint density at radius 2 is 1.83 bits per heavy atom. The Bertz CT molecular complexity index is 1010. The minimum Gasteiger partial charge on any atom is -0.349 e. The van der Waals surface area contributed by atoms with Gasteiger partial charge in [-0.3, -0.25) is 19.7 Å². The Morgan fingerprint density at radius 3 is 2.50 bits per heavy atom. The van der Waals surface area contributed by atoms with Crippen molar-refractivity contribution in [3.8, 4) is 0 Å². The van der Waals surface area contributed by atoms with Gasteiger partial charge in [-0.05, 0) is 44.0 Å². The van der Waals surface area contributed by atoms with Gasteiger partial charge in [0.25, 0.3) is 17.5 Å². The average Bonchev–Trinajstić information content (AvgIpc) is 2.71. The van der Waals surface area contributed by atoms with Gasteiger partial charge in [0.05, 0.1) is 21.1 Å². The van der Waals surface area contributed by atoms with Gasteiger partial charge in [0, 0.05) is 23.4 Å². The van der Waals surface area contributed by atoms with E-state index in [9.17, 15) is 24.1 Å². The van der Waals surface area contributed by atoms with E-state index in [1.807, 2.05) is 0 Å². The topological polar surface area (TPSA) is 101 Å². The summed E-state index contributed by atoms with van der Waals surface area (Å²) in [4.78, 5) is 35.4. The molecule has 158 valence electrons. The van der Waals surface area contributed by atoms with E-state index in [2.05, 4.69) is 10.6 Å². The molecule has 7 nitrogen and oxygen atoms in total. The van der Waals surface area contributed by atoms with Crippen molar-refractivity contribution in [2.24, 2.45) is 0 Å². The number of nitrogens with zero attached hydrogens (tertiary/aromatic N) is 1. The van der Waals surface area contributed by atoms with Crippen LogP contribution in [0.3, 0.4) is 0 Å². The van der Waals surface area contributed by atoms with Crippen LogP contribution >= 0.6 is 11.6 Å². The number of rotatable bonds is 5. The van der Waals surface area contributed by atoms with Crippen LogP contribution in [0.2, 0.25) is 5.02 Å². The molecule has 3 rings (SSSR count). The van der Waals surface area contributed by atoms with Crippen molar-refractivity contribution in [2.45, 2.75) is 45.1 Å². The molecule has 0 atom stereocenters. The average molecular weight is 434 g/mol. The first kappa shape index (κ1) is 21.7. The lowest BCUT2D eigenvalue weighted by molar-refractivity contribution is -0.385. The number of nitro benzene ring substituents is 1. The number of hydrogen-bond acceptors (Lipinski definition) is 4. The molecule has 2 amide bonds. The van der Waals surface area contributed by atoms with Gasteiger partial charge in [-0.25, -0.2) is 4.39 Å². The third-order valence-corrected chi connectivity index (χ3v) is 5.51. The summed E-state index contributed by atoms with van der Waals surface area (Å²) in [5.74, 6) is -1.92. The normalized spacial score (nSPS) is 14.2. The molecule has 0 radical (unpaired) electrons. The van der Waals surface area contributed by atoms with Gasteiger partial charge in [-0.2, -0.15) is 0 Å². The molecular formula is C21H21ClFN3O4. The molecule has 0 bridgehead atoms. The predicted octanol–water partition coefficient (Wildman–Crippen LogP) is 5.01. The fourth-order valence-electron chi connectivity index (χ4n) is 3.48. The van der Waals surface area contributed by atoms with E-state index in [0.717, 1.165) is 44.2 Å². The van der Waals surface area contributed by atoms with E-state index in [1.54, 1.807) is 0 Å². The van der Waals surface area contributed by atoms with Gasteiger partial charge in [-0.15, -0.1) is 0 Å². The number of carbonyl (C=O) groups excluding carboxylic acids is 2. The molecule has 0 spiro atoms. The molecule has 0 saturated heterocycles. The van der Waals surface area contributed by atoms with Crippen LogP contribution in [0.1, 0.15) is 58.4 Å². The molecule has 30 heavy (non-hydrogen) atoms. The molecule has 1 fully saturated rings. The number of nitrogens with one attached hydrogen (secondary N) is 2. The summed E-state index contributed by atoms with van der Waals surface area (Å²) >= 11 is 6.16. The van der Waals surface area contributed by atoms with Crippen LogP contribution in [0, 0.1) is 22.9 Å². The van der Waals surface area contributed by atoms with E-state index in [-0.39, 0.29) is 39.3 Å². The zero-order valence-corrected chi connectivity index (χ0v) is 17.1. The number of carbonyl (C=O) groups is 2. The van der Waals surface area contributed by atoms with Crippen LogP contribution in [0.5, 0.6) is 0 Å². The van der Waals surface area contributed by atoms with E-state index >= 15 is 0 Å². The first-order valence-electron chi connectivity index (χ1n) is 9.62. The number of benzene rings is 2. The molecule has 0 unspecified atom stereocenters. The Kier molecular flexibility index (Phi) is 6.66. The minimum atomic E-state index is -0.849. The van der Waals surface area contributed by atoms with Crippen molar-refractivity contribution < 1.29 is 18.9 Å². The first-order valence-corrected chi connectivity index (χ1v) is 10.0. The van der Waals surface area contributed by atoms with Crippen molar-refractivity contribution in [3.05, 3.63) is 68.0 Å². The molecule has 2 aromatic rings. The van der Waals surface area contributed by atoms with Gasteiger partial charge >= 0.3 is 0 Å². The summed E-state index contributed by atoms with van der Waals surface area (Å²) < 4.78 is 14.0. The second-order valence-electron chi connectivity index (χ2n) is 7.32. The molecule has 2 aromatic carbocycles. The number of halogens is 2. The lowest BCUT2D eigenvalue weighted by atomic mass is 9.95. The summed E-state index contributed by atoms with van der Waals surface area (Å²) in [5.41, 5.74) is -0.357. The molecule has 1 aliphatic rings. The minimum absolute atomic E-state index is 0.0941. The Hall–Kier alpha value is -3.00. The van der Waals surface area contributed by atoms with Gasteiger partial charge in [0.1, 0.15) is 5.82 Å². The van der Waals surface area contributed by atoms with Gasteiger partial charge in [0.2, 0.25) is 0 Å². The zero-order chi connectivity index (χ0) is 21.8. The maximum atomic E-state index is 14.0. The third-order valence-electron chi connectivity index (χ3n) is 5.19. The largest absolute Gasteiger partial charge is 0.349 e. The second-order valence-corrected chi connectivity index (χ2v) is 7.72. The fraction of sp³-hybridized carbons (Fsp3) is 0.333. The van der Waals surface area contributed by atoms with E-state index < -0.39 is 22.3 Å². The van der Waals surface area contributed by atoms with Crippen LogP contribution < -0.4 is 10.6 Å². The molecule has 0 aliphatic heterocycles. The summed E-state index contributed by atoms with van der Waals surface area (Å²) in [6.07, 6.45) is 5.11. The second kappa shape index (κ2) is 9.21. The summed E-state index contributed by atoms with van der Waals surface area (Å²) in [6.45, 7) is 1.27. The number of amides is 2. The van der Waals surface area contributed by atoms with Crippen molar-refractivity contribution in [1.29, 1.82) is 0 Å². The van der Waals surface area contributed by atoms with E-state index in [4.69, 9.17) is 11.6 Å². The lowest BCUT2D eigenvalue weighted by Crippen LogP contribution is -2.36. The molecular weight excluding hydrogens is 413 g/mol. The summed E-state index contributed by atoms with van der Waals surface area (Å²) in [5, 5.41) is 16.8. The first-order chi connectivity index (χ1) is 14.3. The van der Waals surface area contributed by atoms with Crippen LogP contribution in [-0.4, -0.2) is 22.8 Å². The van der Waals surface area contributed by atoms with Gasteiger partial charge < -0.3 is 10.6 Å². The van der Waals surface area contributed by atoms with E-state index in [0.29, 0.717) is 0 Å². The molecule has 0 aromatic heterocycles. The van der Waals surface area contributed by atoms with Crippen molar-refractivity contribution >= 4 is 34.8 Å². The summed E-state index contributed by atoms with van der Waals surface area (Å²) in [6, 6.07) is 6.45. The van der Waals surface area contributed by atoms with Crippen molar-refractivity contribution in [2.75, 3.05) is 5.32 Å². The lowest BCUT2D eigenvalue weighted by Gasteiger charge is -2.23. The highest BCUT2D eigenvalue weighted by molar-refractivity contribution is 6.34. The number of nitro groups is 1. The Balaban J connectivity index is 1.79. The molecule has 1 saturated carbocycles. The van der Waals surface area contributed by atoms with Crippen LogP contribution in [-0.2, 0) is 0 Å². The van der Waals surface area contributed by atoms with Gasteiger partial charge in [-0.1, -0.05) is 30.9 Å². The highest BCUT2D eigenvalue weighted by Gasteiger charge is 2.21.